The number of thioether (sulfide) groups is 1. The molecular weight excluding hydrogens is 342 g/mol. The summed E-state index contributed by atoms with van der Waals surface area (Å²) in [5, 5.41) is 13.2. The van der Waals surface area contributed by atoms with Crippen LogP contribution in [0.4, 0.5) is 0 Å². The van der Waals surface area contributed by atoms with E-state index in [-0.39, 0.29) is 5.75 Å². The molecule has 0 radical (unpaired) electrons. The van der Waals surface area contributed by atoms with Crippen molar-refractivity contribution in [3.8, 4) is 6.07 Å². The van der Waals surface area contributed by atoms with Gasteiger partial charge in [-0.05, 0) is 18.6 Å². The molecule has 1 N–H and O–H groups in total. The van der Waals surface area contributed by atoms with Crippen molar-refractivity contribution in [1.82, 2.24) is 10.3 Å². The van der Waals surface area contributed by atoms with E-state index < -0.39 is 17.9 Å². The number of pyridine rings is 1. The fourth-order valence-corrected chi connectivity index (χ4v) is 3.40. The van der Waals surface area contributed by atoms with Crippen LogP contribution in [-0.2, 0) is 19.1 Å². The first-order valence-corrected chi connectivity index (χ1v) is 8.31. The molecule has 0 saturated heterocycles. The van der Waals surface area contributed by atoms with Crippen LogP contribution in [0.2, 0.25) is 0 Å². The average molecular weight is 359 g/mol. The highest BCUT2D eigenvalue weighted by Crippen LogP contribution is 2.40. The summed E-state index contributed by atoms with van der Waals surface area (Å²) in [6.45, 7) is 1.72. The third kappa shape index (κ3) is 4.00. The van der Waals surface area contributed by atoms with Gasteiger partial charge in [0.2, 0.25) is 0 Å². The number of esters is 2. The summed E-state index contributed by atoms with van der Waals surface area (Å²) < 4.78 is 9.52. The second-order valence-electron chi connectivity index (χ2n) is 5.09. The van der Waals surface area contributed by atoms with E-state index in [9.17, 15) is 14.9 Å². The van der Waals surface area contributed by atoms with Crippen LogP contribution in [-0.4, -0.2) is 36.9 Å². The van der Waals surface area contributed by atoms with Crippen molar-refractivity contribution in [1.29, 1.82) is 5.26 Å². The second-order valence-corrected chi connectivity index (χ2v) is 6.08. The fraction of sp³-hybridized carbons (Fsp3) is 0.294. The molecule has 0 unspecified atom stereocenters. The Balaban J connectivity index is 2.52. The predicted octanol–water partition coefficient (Wildman–Crippen LogP) is 1.86. The Hall–Kier alpha value is -2.79. The smallest absolute Gasteiger partial charge is 0.336 e. The van der Waals surface area contributed by atoms with Crippen molar-refractivity contribution in [2.45, 2.75) is 12.8 Å². The van der Waals surface area contributed by atoms with Gasteiger partial charge in [-0.15, -0.1) is 0 Å². The molecule has 0 saturated carbocycles. The van der Waals surface area contributed by atoms with Gasteiger partial charge in [0.1, 0.15) is 0 Å². The predicted molar refractivity (Wildman–Crippen MR) is 91.9 cm³/mol. The lowest BCUT2D eigenvalue weighted by molar-refractivity contribution is -0.138. The van der Waals surface area contributed by atoms with Crippen LogP contribution in [0, 0.1) is 11.3 Å². The number of nitrogens with zero attached hydrogens (tertiary/aromatic N) is 2. The topological polar surface area (TPSA) is 101 Å². The number of aromatic nitrogens is 1. The summed E-state index contributed by atoms with van der Waals surface area (Å²) in [7, 11) is 2.59. The zero-order valence-corrected chi connectivity index (χ0v) is 14.8. The van der Waals surface area contributed by atoms with Gasteiger partial charge in [0, 0.05) is 18.1 Å². The van der Waals surface area contributed by atoms with Gasteiger partial charge in [-0.1, -0.05) is 17.8 Å². The van der Waals surface area contributed by atoms with Crippen LogP contribution in [0.15, 0.2) is 46.4 Å². The van der Waals surface area contributed by atoms with Crippen LogP contribution in [0.1, 0.15) is 18.4 Å². The molecule has 1 aromatic heterocycles. The van der Waals surface area contributed by atoms with Gasteiger partial charge in [-0.3, -0.25) is 9.78 Å². The molecule has 0 fully saturated rings. The number of rotatable bonds is 5. The zero-order valence-electron chi connectivity index (χ0n) is 14.0. The second kappa shape index (κ2) is 8.35. The molecule has 0 bridgehead atoms. The zero-order chi connectivity index (χ0) is 18.4. The minimum atomic E-state index is -0.618. The van der Waals surface area contributed by atoms with Gasteiger partial charge in [0.05, 0.1) is 48.1 Å². The standard InChI is InChI=1S/C17H17N3O4S/c1-10-14(17(22)24-3)15(11-5-4-6-19-8-11)12(7-18)16(20-10)25-9-13(21)23-2/h4-6,8,15,20H,9H2,1-3H3/t15-/m1/s1. The summed E-state index contributed by atoms with van der Waals surface area (Å²) in [5.41, 5.74) is 1.92. The molecule has 8 heteroatoms. The lowest BCUT2D eigenvalue weighted by Crippen LogP contribution is -2.28. The van der Waals surface area contributed by atoms with Gasteiger partial charge >= 0.3 is 11.9 Å². The number of ether oxygens (including phenoxy) is 2. The number of hydrogen-bond donors (Lipinski definition) is 1. The fourth-order valence-electron chi connectivity index (χ4n) is 2.48. The van der Waals surface area contributed by atoms with E-state index in [4.69, 9.17) is 4.74 Å². The summed E-state index contributed by atoms with van der Waals surface area (Å²) in [6.07, 6.45) is 3.22. The normalized spacial score (nSPS) is 16.8. The van der Waals surface area contributed by atoms with Gasteiger partial charge < -0.3 is 14.8 Å². The minimum absolute atomic E-state index is 0.0462. The Kier molecular flexibility index (Phi) is 6.19. The van der Waals surface area contributed by atoms with Crippen LogP contribution in [0.5, 0.6) is 0 Å². The lowest BCUT2D eigenvalue weighted by Gasteiger charge is -2.28. The molecule has 0 aliphatic carbocycles. The number of nitrogens with one attached hydrogen (secondary N) is 1. The maximum atomic E-state index is 12.3. The molecule has 130 valence electrons. The largest absolute Gasteiger partial charge is 0.468 e. The first kappa shape index (κ1) is 18.5. The maximum absolute atomic E-state index is 12.3. The number of hydrogen-bond acceptors (Lipinski definition) is 8. The van der Waals surface area contributed by atoms with Crippen molar-refractivity contribution in [3.63, 3.8) is 0 Å². The third-order valence-corrected chi connectivity index (χ3v) is 4.62. The molecule has 2 heterocycles. The summed E-state index contributed by atoms with van der Waals surface area (Å²) in [5.74, 6) is -1.50. The first-order chi connectivity index (χ1) is 12.0. The van der Waals surface area contributed by atoms with E-state index in [1.807, 2.05) is 0 Å². The minimum Gasteiger partial charge on any atom is -0.468 e. The number of carbonyl (C=O) groups excluding carboxylic acids is 2. The molecular formula is C17H17N3O4S. The SMILES string of the molecule is COC(=O)CSC1=C(C#N)[C@@H](c2cccnc2)C(C(=O)OC)=C(C)N1. The van der Waals surface area contributed by atoms with Crippen molar-refractivity contribution >= 4 is 23.7 Å². The summed E-state index contributed by atoms with van der Waals surface area (Å²) >= 11 is 1.15. The molecule has 2 rings (SSSR count). The highest BCUT2D eigenvalue weighted by molar-refractivity contribution is 8.03. The Labute approximate surface area is 149 Å². The maximum Gasteiger partial charge on any atom is 0.336 e. The highest BCUT2D eigenvalue weighted by atomic mass is 32.2. The summed E-state index contributed by atoms with van der Waals surface area (Å²) in [4.78, 5) is 27.8. The molecule has 25 heavy (non-hydrogen) atoms. The highest BCUT2D eigenvalue weighted by Gasteiger charge is 2.35. The van der Waals surface area contributed by atoms with Crippen molar-refractivity contribution in [2.24, 2.45) is 0 Å². The van der Waals surface area contributed by atoms with E-state index in [1.54, 1.807) is 31.5 Å². The van der Waals surface area contributed by atoms with Gasteiger partial charge in [0.15, 0.2) is 0 Å². The Morgan fingerprint density at radius 1 is 1.40 bits per heavy atom. The molecule has 0 aromatic carbocycles. The third-order valence-electron chi connectivity index (χ3n) is 3.63. The van der Waals surface area contributed by atoms with E-state index in [0.717, 1.165) is 11.8 Å². The van der Waals surface area contributed by atoms with Crippen molar-refractivity contribution < 1.29 is 19.1 Å². The Bertz CT molecular complexity index is 781. The van der Waals surface area contributed by atoms with Crippen molar-refractivity contribution in [3.05, 3.63) is 52.0 Å². The van der Waals surface area contributed by atoms with E-state index in [2.05, 4.69) is 21.1 Å². The summed E-state index contributed by atoms with van der Waals surface area (Å²) in [6, 6.07) is 5.67. The van der Waals surface area contributed by atoms with E-state index in [1.165, 1.54) is 14.2 Å². The molecule has 1 atom stereocenters. The number of methoxy groups -OCH3 is 2. The molecule has 0 spiro atoms. The molecule has 0 amide bonds. The Morgan fingerprint density at radius 2 is 2.16 bits per heavy atom. The number of carbonyl (C=O) groups is 2. The van der Waals surface area contributed by atoms with Crippen molar-refractivity contribution in [2.75, 3.05) is 20.0 Å². The first-order valence-electron chi connectivity index (χ1n) is 7.33. The molecule has 1 aromatic rings. The van der Waals surface area contributed by atoms with E-state index in [0.29, 0.717) is 27.4 Å². The monoisotopic (exact) mass is 359 g/mol. The number of dihydropyridines is 1. The Morgan fingerprint density at radius 3 is 2.72 bits per heavy atom. The molecule has 7 nitrogen and oxygen atoms in total. The molecule has 1 aliphatic rings. The van der Waals surface area contributed by atoms with Crippen LogP contribution >= 0.6 is 11.8 Å². The number of allylic oxidation sites excluding steroid dienone is 2. The van der Waals surface area contributed by atoms with Gasteiger partial charge in [-0.2, -0.15) is 5.26 Å². The quantitative estimate of drug-likeness (QED) is 0.795. The van der Waals surface area contributed by atoms with Crippen LogP contribution in [0.25, 0.3) is 0 Å². The average Bonchev–Trinajstić information content (AvgIpc) is 2.65. The van der Waals surface area contributed by atoms with Crippen LogP contribution < -0.4 is 5.32 Å². The molecule has 1 aliphatic heterocycles. The van der Waals surface area contributed by atoms with Crippen LogP contribution in [0.3, 0.4) is 0 Å². The van der Waals surface area contributed by atoms with E-state index >= 15 is 0 Å². The van der Waals surface area contributed by atoms with Gasteiger partial charge in [0.25, 0.3) is 0 Å². The lowest BCUT2D eigenvalue weighted by atomic mass is 9.83. The number of nitriles is 1. The van der Waals surface area contributed by atoms with Gasteiger partial charge in [-0.25, -0.2) is 4.79 Å².